The smallest absolute Gasteiger partial charge is 0.153 e. The van der Waals surface area contributed by atoms with Crippen molar-refractivity contribution in [1.29, 1.82) is 0 Å². The molecular weight excluding hydrogens is 268 g/mol. The molecule has 0 saturated heterocycles. The van der Waals surface area contributed by atoms with Crippen LogP contribution in [0.3, 0.4) is 0 Å². The fourth-order valence-electron chi connectivity index (χ4n) is 1.85. The van der Waals surface area contributed by atoms with E-state index in [0.717, 1.165) is 10.5 Å². The first kappa shape index (κ1) is 14.7. The van der Waals surface area contributed by atoms with Crippen LogP contribution in [-0.2, 0) is 5.41 Å². The Balaban J connectivity index is 2.49. The number of carbonyl (C=O) groups excluding carboxylic acids is 1. The molecule has 0 aliphatic carbocycles. The minimum atomic E-state index is -0.0720. The number of phenolic OH excluding ortho intramolecular Hbond substituents is 1. The van der Waals surface area contributed by atoms with E-state index in [-0.39, 0.29) is 11.2 Å². The van der Waals surface area contributed by atoms with Gasteiger partial charge >= 0.3 is 0 Å². The lowest BCUT2D eigenvalue weighted by molar-refractivity contribution is 0.112. The van der Waals surface area contributed by atoms with E-state index >= 15 is 0 Å². The Labute approximate surface area is 123 Å². The third-order valence-electron chi connectivity index (χ3n) is 3.07. The monoisotopic (exact) mass is 286 g/mol. The van der Waals surface area contributed by atoms with E-state index in [4.69, 9.17) is 0 Å². The predicted molar refractivity (Wildman–Crippen MR) is 82.8 cm³/mol. The van der Waals surface area contributed by atoms with Crippen molar-refractivity contribution >= 4 is 18.0 Å². The summed E-state index contributed by atoms with van der Waals surface area (Å²) in [4.78, 5) is 12.9. The molecular formula is C17H18O2S. The molecule has 0 aliphatic rings. The first-order chi connectivity index (χ1) is 9.41. The van der Waals surface area contributed by atoms with Gasteiger partial charge in [0.15, 0.2) is 6.29 Å². The van der Waals surface area contributed by atoms with Crippen molar-refractivity contribution in [3.8, 4) is 5.75 Å². The summed E-state index contributed by atoms with van der Waals surface area (Å²) in [6.07, 6.45) is 0.708. The summed E-state index contributed by atoms with van der Waals surface area (Å²) in [5.74, 6) is 0.0573. The minimum Gasteiger partial charge on any atom is -0.506 e. The molecule has 20 heavy (non-hydrogen) atoms. The number of carbonyl (C=O) groups is 1. The molecule has 0 radical (unpaired) electrons. The van der Waals surface area contributed by atoms with Gasteiger partial charge in [0.05, 0.1) is 10.5 Å². The lowest BCUT2D eigenvalue weighted by atomic mass is 9.86. The molecule has 2 aromatic rings. The minimum absolute atomic E-state index is 0.0573. The van der Waals surface area contributed by atoms with Gasteiger partial charge in [0.25, 0.3) is 0 Å². The molecule has 1 N–H and O–H groups in total. The van der Waals surface area contributed by atoms with E-state index in [1.807, 2.05) is 36.4 Å². The van der Waals surface area contributed by atoms with Gasteiger partial charge in [-0.1, -0.05) is 50.7 Å². The Kier molecular flexibility index (Phi) is 4.19. The van der Waals surface area contributed by atoms with E-state index < -0.39 is 0 Å². The van der Waals surface area contributed by atoms with Crippen LogP contribution < -0.4 is 0 Å². The Bertz CT molecular complexity index is 613. The molecule has 0 heterocycles. The lowest BCUT2D eigenvalue weighted by Crippen LogP contribution is -2.11. The molecule has 0 fully saturated rings. The van der Waals surface area contributed by atoms with Gasteiger partial charge < -0.3 is 5.11 Å². The first-order valence-corrected chi connectivity index (χ1v) is 7.29. The summed E-state index contributed by atoms with van der Waals surface area (Å²) in [6, 6.07) is 13.5. The zero-order chi connectivity index (χ0) is 14.8. The van der Waals surface area contributed by atoms with Crippen LogP contribution in [0.1, 0.15) is 36.7 Å². The summed E-state index contributed by atoms with van der Waals surface area (Å²) in [5, 5.41) is 10.2. The molecule has 104 valence electrons. The molecule has 0 atom stereocenters. The molecule has 0 spiro atoms. The summed E-state index contributed by atoms with van der Waals surface area (Å²) in [6.45, 7) is 6.26. The van der Waals surface area contributed by atoms with E-state index in [0.29, 0.717) is 16.7 Å². The zero-order valence-corrected chi connectivity index (χ0v) is 12.7. The molecule has 2 rings (SSSR count). The summed E-state index contributed by atoms with van der Waals surface area (Å²) < 4.78 is 0. The van der Waals surface area contributed by atoms with Gasteiger partial charge in [-0.25, -0.2) is 0 Å². The molecule has 0 aromatic heterocycles. The Morgan fingerprint density at radius 1 is 1.10 bits per heavy atom. The van der Waals surface area contributed by atoms with Gasteiger partial charge in [-0.15, -0.1) is 0 Å². The number of benzene rings is 2. The third kappa shape index (κ3) is 3.23. The SMILES string of the molecule is CC(C)(C)c1cc(C=O)c(O)c(Sc2ccccc2)c1. The van der Waals surface area contributed by atoms with Crippen LogP contribution in [-0.4, -0.2) is 11.4 Å². The van der Waals surface area contributed by atoms with Crippen molar-refractivity contribution in [3.05, 3.63) is 53.6 Å². The van der Waals surface area contributed by atoms with Crippen LogP contribution >= 0.6 is 11.8 Å². The fourth-order valence-corrected chi connectivity index (χ4v) is 2.79. The second kappa shape index (κ2) is 5.71. The van der Waals surface area contributed by atoms with Crippen molar-refractivity contribution in [2.45, 2.75) is 36.0 Å². The Morgan fingerprint density at radius 2 is 1.75 bits per heavy atom. The van der Waals surface area contributed by atoms with Gasteiger partial charge in [-0.3, -0.25) is 4.79 Å². The quantitative estimate of drug-likeness (QED) is 0.834. The highest BCUT2D eigenvalue weighted by atomic mass is 32.2. The molecule has 0 bridgehead atoms. The van der Waals surface area contributed by atoms with Crippen molar-refractivity contribution in [1.82, 2.24) is 0 Å². The molecule has 0 amide bonds. The molecule has 2 aromatic carbocycles. The van der Waals surface area contributed by atoms with E-state index in [1.54, 1.807) is 6.07 Å². The summed E-state index contributed by atoms with van der Waals surface area (Å²) in [7, 11) is 0. The van der Waals surface area contributed by atoms with Gasteiger partial charge in [0.1, 0.15) is 5.75 Å². The maximum absolute atomic E-state index is 11.1. The summed E-state index contributed by atoms with van der Waals surface area (Å²) >= 11 is 1.47. The Hall–Kier alpha value is -1.74. The average molecular weight is 286 g/mol. The van der Waals surface area contributed by atoms with Crippen LogP contribution in [0.2, 0.25) is 0 Å². The van der Waals surface area contributed by atoms with Gasteiger partial charge in [-0.2, -0.15) is 0 Å². The number of aldehydes is 1. The van der Waals surface area contributed by atoms with Crippen LogP contribution in [0.15, 0.2) is 52.3 Å². The highest BCUT2D eigenvalue weighted by Gasteiger charge is 2.19. The number of aromatic hydroxyl groups is 1. The molecule has 0 aliphatic heterocycles. The largest absolute Gasteiger partial charge is 0.506 e. The van der Waals surface area contributed by atoms with E-state index in [1.165, 1.54) is 11.8 Å². The number of hydrogen-bond acceptors (Lipinski definition) is 3. The molecule has 0 saturated carbocycles. The van der Waals surface area contributed by atoms with Crippen molar-refractivity contribution in [2.24, 2.45) is 0 Å². The highest BCUT2D eigenvalue weighted by Crippen LogP contribution is 2.39. The molecule has 3 heteroatoms. The van der Waals surface area contributed by atoms with Gasteiger partial charge in [-0.05, 0) is 35.2 Å². The average Bonchev–Trinajstić information content (AvgIpc) is 2.41. The maximum atomic E-state index is 11.1. The van der Waals surface area contributed by atoms with Gasteiger partial charge in [0.2, 0.25) is 0 Å². The Morgan fingerprint density at radius 3 is 2.30 bits per heavy atom. The summed E-state index contributed by atoms with van der Waals surface area (Å²) in [5.41, 5.74) is 1.31. The van der Waals surface area contributed by atoms with Crippen LogP contribution in [0.4, 0.5) is 0 Å². The molecule has 2 nitrogen and oxygen atoms in total. The number of hydrogen-bond donors (Lipinski definition) is 1. The van der Waals surface area contributed by atoms with Crippen LogP contribution in [0.25, 0.3) is 0 Å². The van der Waals surface area contributed by atoms with Crippen LogP contribution in [0, 0.1) is 0 Å². The van der Waals surface area contributed by atoms with E-state index in [9.17, 15) is 9.90 Å². The number of rotatable bonds is 3. The van der Waals surface area contributed by atoms with E-state index in [2.05, 4.69) is 20.8 Å². The fraction of sp³-hybridized carbons (Fsp3) is 0.235. The number of phenols is 1. The normalized spacial score (nSPS) is 11.3. The molecule has 0 unspecified atom stereocenters. The second-order valence-corrected chi connectivity index (χ2v) is 6.81. The third-order valence-corrected chi connectivity index (χ3v) is 4.11. The first-order valence-electron chi connectivity index (χ1n) is 6.47. The maximum Gasteiger partial charge on any atom is 0.153 e. The standard InChI is InChI=1S/C17H18O2S/c1-17(2,3)13-9-12(11-18)16(19)15(10-13)20-14-7-5-4-6-8-14/h4-11,19H,1-3H3. The van der Waals surface area contributed by atoms with Crippen LogP contribution in [0.5, 0.6) is 5.75 Å². The zero-order valence-electron chi connectivity index (χ0n) is 11.9. The predicted octanol–water partition coefficient (Wildman–Crippen LogP) is 4.65. The van der Waals surface area contributed by atoms with Gasteiger partial charge in [0, 0.05) is 4.90 Å². The topological polar surface area (TPSA) is 37.3 Å². The van der Waals surface area contributed by atoms with Crippen molar-refractivity contribution in [2.75, 3.05) is 0 Å². The van der Waals surface area contributed by atoms with Crippen molar-refractivity contribution < 1.29 is 9.90 Å². The highest BCUT2D eigenvalue weighted by molar-refractivity contribution is 7.99. The second-order valence-electron chi connectivity index (χ2n) is 5.70. The lowest BCUT2D eigenvalue weighted by Gasteiger charge is -2.21. The van der Waals surface area contributed by atoms with Crippen molar-refractivity contribution in [3.63, 3.8) is 0 Å².